The number of rotatable bonds is 5. The molecule has 3 rings (SSSR count). The van der Waals surface area contributed by atoms with E-state index in [1.165, 1.54) is 12.0 Å². The second kappa shape index (κ2) is 6.83. The van der Waals surface area contributed by atoms with Gasteiger partial charge in [0.1, 0.15) is 5.82 Å². The zero-order valence-corrected chi connectivity index (χ0v) is 13.9. The average molecular weight is 318 g/mol. The van der Waals surface area contributed by atoms with Crippen molar-refractivity contribution in [3.8, 4) is 0 Å². The van der Waals surface area contributed by atoms with Crippen LogP contribution in [0.4, 0.5) is 0 Å². The predicted octanol–water partition coefficient (Wildman–Crippen LogP) is 2.01. The third-order valence-corrected chi connectivity index (χ3v) is 4.95. The van der Waals surface area contributed by atoms with Gasteiger partial charge in [-0.25, -0.2) is 4.98 Å². The van der Waals surface area contributed by atoms with Crippen molar-refractivity contribution < 1.29 is 9.90 Å². The van der Waals surface area contributed by atoms with Crippen molar-refractivity contribution >= 4 is 5.91 Å². The van der Waals surface area contributed by atoms with Gasteiger partial charge in [-0.2, -0.15) is 5.10 Å². The van der Waals surface area contributed by atoms with E-state index in [2.05, 4.69) is 34.3 Å². The van der Waals surface area contributed by atoms with Crippen molar-refractivity contribution in [3.63, 3.8) is 0 Å². The Kier molecular flexibility index (Phi) is 4.80. The van der Waals surface area contributed by atoms with Crippen molar-refractivity contribution in [1.29, 1.82) is 0 Å². The predicted molar refractivity (Wildman–Crippen MR) is 86.9 cm³/mol. The Bertz CT molecular complexity index is 587. The van der Waals surface area contributed by atoms with Gasteiger partial charge < -0.3 is 10.4 Å². The topological polar surface area (TPSA) is 90.9 Å². The number of hydrogen-bond donors (Lipinski definition) is 3. The van der Waals surface area contributed by atoms with E-state index in [9.17, 15) is 9.90 Å². The summed E-state index contributed by atoms with van der Waals surface area (Å²) in [6, 6.07) is 0. The Morgan fingerprint density at radius 2 is 2.22 bits per heavy atom. The summed E-state index contributed by atoms with van der Waals surface area (Å²) in [5.41, 5.74) is 1.23. The molecular weight excluding hydrogens is 292 g/mol. The number of aromatic amines is 1. The van der Waals surface area contributed by atoms with Crippen LogP contribution in [-0.2, 0) is 4.79 Å². The minimum absolute atomic E-state index is 0.0305. The van der Waals surface area contributed by atoms with Crippen LogP contribution in [0.2, 0.25) is 0 Å². The molecule has 0 saturated heterocycles. The Morgan fingerprint density at radius 3 is 2.83 bits per heavy atom. The van der Waals surface area contributed by atoms with Gasteiger partial charge in [0.05, 0.1) is 6.10 Å². The SMILES string of the molecule is CC(C)c1n[nH]c([C@H]2C[C@H](CNC(=O)C=C3CCC3)[C@H](O)C2)n1. The molecule has 0 radical (unpaired) electrons. The van der Waals surface area contributed by atoms with Gasteiger partial charge in [-0.05, 0) is 32.1 Å². The third-order valence-electron chi connectivity index (χ3n) is 4.95. The van der Waals surface area contributed by atoms with Crippen LogP contribution in [0, 0.1) is 5.92 Å². The van der Waals surface area contributed by atoms with Gasteiger partial charge in [0.2, 0.25) is 5.91 Å². The van der Waals surface area contributed by atoms with Crippen molar-refractivity contribution in [1.82, 2.24) is 20.5 Å². The summed E-state index contributed by atoms with van der Waals surface area (Å²) in [4.78, 5) is 16.4. The number of carbonyl (C=O) groups excluding carboxylic acids is 1. The maximum atomic E-state index is 11.8. The number of aromatic nitrogens is 3. The summed E-state index contributed by atoms with van der Waals surface area (Å²) in [5.74, 6) is 2.21. The molecule has 2 saturated carbocycles. The van der Waals surface area contributed by atoms with E-state index in [0.717, 1.165) is 30.9 Å². The molecule has 0 unspecified atom stereocenters. The number of allylic oxidation sites excluding steroid dienone is 1. The van der Waals surface area contributed by atoms with E-state index in [1.807, 2.05) is 0 Å². The Labute approximate surface area is 136 Å². The number of H-pyrrole nitrogens is 1. The van der Waals surface area contributed by atoms with Crippen LogP contribution in [-0.4, -0.2) is 38.8 Å². The highest BCUT2D eigenvalue weighted by Gasteiger charge is 2.35. The minimum atomic E-state index is -0.399. The van der Waals surface area contributed by atoms with Crippen molar-refractivity contribution in [2.75, 3.05) is 6.54 Å². The first-order valence-electron chi connectivity index (χ1n) is 8.60. The molecule has 6 nitrogen and oxygen atoms in total. The largest absolute Gasteiger partial charge is 0.393 e. The number of aliphatic hydroxyl groups is 1. The van der Waals surface area contributed by atoms with E-state index in [1.54, 1.807) is 6.08 Å². The van der Waals surface area contributed by atoms with Crippen LogP contribution in [0.25, 0.3) is 0 Å². The Balaban J connectivity index is 1.52. The molecule has 2 aliphatic rings. The lowest BCUT2D eigenvalue weighted by atomic mass is 9.92. The van der Waals surface area contributed by atoms with Crippen molar-refractivity contribution in [3.05, 3.63) is 23.3 Å². The molecule has 1 heterocycles. The molecular formula is C17H26N4O2. The second-order valence-electron chi connectivity index (χ2n) is 7.13. The molecule has 2 aliphatic carbocycles. The van der Waals surface area contributed by atoms with Gasteiger partial charge >= 0.3 is 0 Å². The Hall–Kier alpha value is -1.69. The number of carbonyl (C=O) groups is 1. The minimum Gasteiger partial charge on any atom is -0.393 e. The zero-order chi connectivity index (χ0) is 16.4. The van der Waals surface area contributed by atoms with Crippen LogP contribution in [0.15, 0.2) is 11.6 Å². The molecule has 1 aromatic rings. The number of amides is 1. The van der Waals surface area contributed by atoms with Crippen molar-refractivity contribution in [2.45, 2.75) is 63.9 Å². The lowest BCUT2D eigenvalue weighted by molar-refractivity contribution is -0.116. The van der Waals surface area contributed by atoms with Crippen LogP contribution in [0.5, 0.6) is 0 Å². The fourth-order valence-corrected chi connectivity index (χ4v) is 3.27. The molecule has 0 bridgehead atoms. The molecule has 0 aromatic carbocycles. The lowest BCUT2D eigenvalue weighted by Gasteiger charge is -2.17. The molecule has 0 aliphatic heterocycles. The third kappa shape index (κ3) is 3.80. The maximum absolute atomic E-state index is 11.8. The first-order valence-corrected chi connectivity index (χ1v) is 8.60. The number of nitrogens with zero attached hydrogens (tertiary/aromatic N) is 2. The van der Waals surface area contributed by atoms with E-state index in [-0.39, 0.29) is 17.7 Å². The van der Waals surface area contributed by atoms with Crippen molar-refractivity contribution in [2.24, 2.45) is 5.92 Å². The normalized spacial score (nSPS) is 27.1. The lowest BCUT2D eigenvalue weighted by Crippen LogP contribution is -2.31. The van der Waals surface area contributed by atoms with E-state index < -0.39 is 6.10 Å². The Morgan fingerprint density at radius 1 is 1.43 bits per heavy atom. The van der Waals surface area contributed by atoms with Crippen LogP contribution in [0.1, 0.15) is 69.4 Å². The standard InChI is InChI=1S/C17H26N4O2/c1-10(2)16-19-17(21-20-16)12-7-13(14(22)8-12)9-18-15(23)6-11-4-3-5-11/h6,10,12-14,22H,3-5,7-9H2,1-2H3,(H,18,23)(H,19,20,21)/t12-,13+,14+/m0/s1. The fourth-order valence-electron chi connectivity index (χ4n) is 3.27. The maximum Gasteiger partial charge on any atom is 0.243 e. The quantitative estimate of drug-likeness (QED) is 0.724. The highest BCUT2D eigenvalue weighted by molar-refractivity contribution is 5.88. The second-order valence-corrected chi connectivity index (χ2v) is 7.13. The summed E-state index contributed by atoms with van der Waals surface area (Å²) in [5, 5.41) is 20.4. The van der Waals surface area contributed by atoms with Crippen LogP contribution >= 0.6 is 0 Å². The fraction of sp³-hybridized carbons (Fsp3) is 0.706. The highest BCUT2D eigenvalue weighted by Crippen LogP contribution is 2.37. The van der Waals surface area contributed by atoms with Gasteiger partial charge in [-0.15, -0.1) is 0 Å². The van der Waals surface area contributed by atoms with Gasteiger partial charge in [0.25, 0.3) is 0 Å². The molecule has 1 amide bonds. The van der Waals surface area contributed by atoms with Gasteiger partial charge in [-0.1, -0.05) is 19.4 Å². The van der Waals surface area contributed by atoms with E-state index in [4.69, 9.17) is 0 Å². The van der Waals surface area contributed by atoms with E-state index >= 15 is 0 Å². The molecule has 6 heteroatoms. The first-order chi connectivity index (χ1) is 11.0. The smallest absolute Gasteiger partial charge is 0.243 e. The highest BCUT2D eigenvalue weighted by atomic mass is 16.3. The molecule has 23 heavy (non-hydrogen) atoms. The van der Waals surface area contributed by atoms with Gasteiger partial charge in [-0.3, -0.25) is 9.89 Å². The number of hydrogen-bond acceptors (Lipinski definition) is 4. The molecule has 1 aromatic heterocycles. The molecule has 3 atom stereocenters. The summed E-state index contributed by atoms with van der Waals surface area (Å²) in [6.07, 6.45) is 6.10. The molecule has 126 valence electrons. The molecule has 3 N–H and O–H groups in total. The summed E-state index contributed by atoms with van der Waals surface area (Å²) < 4.78 is 0. The average Bonchev–Trinajstić information content (AvgIpc) is 3.07. The number of nitrogens with one attached hydrogen (secondary N) is 2. The summed E-state index contributed by atoms with van der Waals surface area (Å²) in [7, 11) is 0. The monoisotopic (exact) mass is 318 g/mol. The van der Waals surface area contributed by atoms with E-state index in [0.29, 0.717) is 18.9 Å². The van der Waals surface area contributed by atoms with Gasteiger partial charge in [0, 0.05) is 30.4 Å². The summed E-state index contributed by atoms with van der Waals surface area (Å²) in [6.45, 7) is 4.64. The zero-order valence-electron chi connectivity index (χ0n) is 13.9. The molecule has 2 fully saturated rings. The van der Waals surface area contributed by atoms with Gasteiger partial charge in [0.15, 0.2) is 5.82 Å². The van der Waals surface area contributed by atoms with Crippen LogP contribution < -0.4 is 5.32 Å². The number of aliphatic hydroxyl groups excluding tert-OH is 1. The van der Waals surface area contributed by atoms with Crippen LogP contribution in [0.3, 0.4) is 0 Å². The summed E-state index contributed by atoms with van der Waals surface area (Å²) >= 11 is 0. The first kappa shape index (κ1) is 16.2. The molecule has 0 spiro atoms.